The van der Waals surface area contributed by atoms with Gasteiger partial charge >= 0.3 is 11.9 Å². The van der Waals surface area contributed by atoms with E-state index in [4.69, 9.17) is 18.9 Å². The fraction of sp³-hybridized carbons (Fsp3) is 0.896. The first-order valence-electron chi connectivity index (χ1n) is 23.8. The Bertz CT molecular complexity index is 949. The van der Waals surface area contributed by atoms with Gasteiger partial charge in [0, 0.05) is 12.8 Å². The summed E-state index contributed by atoms with van der Waals surface area (Å²) in [6.07, 6.45) is 39.5. The number of hydrogen-bond acceptors (Lipinski definition) is 8. The van der Waals surface area contributed by atoms with Crippen molar-refractivity contribution in [2.24, 2.45) is 0 Å². The Hall–Kier alpha value is -1.97. The number of unbranched alkanes of at least 4 members (excludes halogenated alkanes) is 27. The summed E-state index contributed by atoms with van der Waals surface area (Å²) >= 11 is 0. The standard InChI is InChI=1S/C48H91NO8/c1-6-8-10-12-14-16-18-20-22-24-26-28-30-32-34-36-38-45(50)55-42-44(43-56-48(47(52)53)54-41-40-49(3,4)5)57-46(51)39-37-35-33-31-29-27-25-23-21-19-17-15-13-11-9-7-2/h23,25,44,48H,6-22,24,26-43H2,1-5H3/b25-23-. The van der Waals surface area contributed by atoms with Crippen LogP contribution in [0.5, 0.6) is 0 Å². The van der Waals surface area contributed by atoms with Gasteiger partial charge in [0.15, 0.2) is 12.4 Å². The number of rotatable bonds is 44. The summed E-state index contributed by atoms with van der Waals surface area (Å²) < 4.78 is 22.6. The molecule has 2 unspecified atom stereocenters. The zero-order valence-corrected chi connectivity index (χ0v) is 38.0. The molecule has 0 radical (unpaired) electrons. The molecular weight excluding hydrogens is 719 g/mol. The van der Waals surface area contributed by atoms with Crippen molar-refractivity contribution in [1.82, 2.24) is 0 Å². The predicted molar refractivity (Wildman–Crippen MR) is 233 cm³/mol. The zero-order valence-electron chi connectivity index (χ0n) is 38.0. The molecule has 336 valence electrons. The molecular formula is C48H91NO8. The molecule has 0 aromatic carbocycles. The Balaban J connectivity index is 4.39. The van der Waals surface area contributed by atoms with Crippen LogP contribution >= 0.6 is 0 Å². The van der Waals surface area contributed by atoms with Gasteiger partial charge in [-0.05, 0) is 38.5 Å². The van der Waals surface area contributed by atoms with Gasteiger partial charge in [0.05, 0.1) is 40.3 Å². The molecule has 0 aromatic rings. The van der Waals surface area contributed by atoms with Crippen molar-refractivity contribution in [2.45, 2.75) is 232 Å². The van der Waals surface area contributed by atoms with Crippen LogP contribution in [-0.2, 0) is 33.3 Å². The Morgan fingerprint density at radius 2 is 0.895 bits per heavy atom. The van der Waals surface area contributed by atoms with Gasteiger partial charge in [-0.2, -0.15) is 0 Å². The maximum atomic E-state index is 12.8. The summed E-state index contributed by atoms with van der Waals surface area (Å²) in [5.41, 5.74) is 0. The van der Waals surface area contributed by atoms with E-state index in [2.05, 4.69) is 26.0 Å². The lowest BCUT2D eigenvalue weighted by molar-refractivity contribution is -0.870. The molecule has 57 heavy (non-hydrogen) atoms. The molecule has 0 amide bonds. The van der Waals surface area contributed by atoms with Crippen molar-refractivity contribution in [3.63, 3.8) is 0 Å². The third kappa shape index (κ3) is 42.0. The summed E-state index contributed by atoms with van der Waals surface area (Å²) in [6, 6.07) is 0. The number of nitrogens with zero attached hydrogens (tertiary/aromatic N) is 1. The molecule has 0 N–H and O–H groups in total. The number of carboxylic acids is 1. The molecule has 9 heteroatoms. The topological polar surface area (TPSA) is 111 Å². The number of esters is 2. The second kappa shape index (κ2) is 40.8. The van der Waals surface area contributed by atoms with Gasteiger partial charge in [-0.1, -0.05) is 180 Å². The second-order valence-electron chi connectivity index (χ2n) is 17.4. The fourth-order valence-electron chi connectivity index (χ4n) is 6.77. The molecule has 0 fully saturated rings. The van der Waals surface area contributed by atoms with E-state index in [1.165, 1.54) is 135 Å². The fourth-order valence-corrected chi connectivity index (χ4v) is 6.77. The molecule has 0 saturated carbocycles. The number of aliphatic carboxylic acids is 1. The van der Waals surface area contributed by atoms with Crippen LogP contribution in [0.2, 0.25) is 0 Å². The maximum absolute atomic E-state index is 12.8. The van der Waals surface area contributed by atoms with Crippen LogP contribution in [0.1, 0.15) is 219 Å². The minimum atomic E-state index is -1.62. The first-order valence-corrected chi connectivity index (χ1v) is 23.8. The van der Waals surface area contributed by atoms with E-state index in [0.717, 1.165) is 51.4 Å². The first kappa shape index (κ1) is 55.0. The van der Waals surface area contributed by atoms with Gasteiger partial charge in [-0.15, -0.1) is 0 Å². The Morgan fingerprint density at radius 1 is 0.509 bits per heavy atom. The van der Waals surface area contributed by atoms with E-state index in [1.54, 1.807) is 0 Å². The van der Waals surface area contributed by atoms with Crippen LogP contribution in [0, 0.1) is 0 Å². The molecule has 0 rings (SSSR count). The summed E-state index contributed by atoms with van der Waals surface area (Å²) in [5.74, 6) is -2.28. The molecule has 0 bridgehead atoms. The number of carboxylic acid groups (broad SMARTS) is 1. The molecule has 0 aliphatic rings. The van der Waals surface area contributed by atoms with Crippen molar-refractivity contribution in [1.29, 1.82) is 0 Å². The molecule has 0 spiro atoms. The van der Waals surface area contributed by atoms with Crippen LogP contribution in [0.3, 0.4) is 0 Å². The monoisotopic (exact) mass is 810 g/mol. The lowest BCUT2D eigenvalue weighted by Crippen LogP contribution is -2.44. The number of carbonyl (C=O) groups excluding carboxylic acids is 3. The third-order valence-electron chi connectivity index (χ3n) is 10.5. The van der Waals surface area contributed by atoms with Crippen LogP contribution < -0.4 is 5.11 Å². The smallest absolute Gasteiger partial charge is 0.306 e. The number of ether oxygens (including phenoxy) is 4. The lowest BCUT2D eigenvalue weighted by Gasteiger charge is -2.26. The van der Waals surface area contributed by atoms with Crippen molar-refractivity contribution < 1.29 is 42.9 Å². The summed E-state index contributed by atoms with van der Waals surface area (Å²) in [7, 11) is 5.91. The van der Waals surface area contributed by atoms with Gasteiger partial charge < -0.3 is 33.3 Å². The first-order chi connectivity index (χ1) is 27.6. The summed E-state index contributed by atoms with van der Waals surface area (Å²) in [6.45, 7) is 4.76. The van der Waals surface area contributed by atoms with E-state index in [-0.39, 0.29) is 32.2 Å². The van der Waals surface area contributed by atoms with Crippen molar-refractivity contribution in [2.75, 3.05) is 47.5 Å². The molecule has 0 aliphatic heterocycles. The highest BCUT2D eigenvalue weighted by Gasteiger charge is 2.21. The molecule has 9 nitrogen and oxygen atoms in total. The van der Waals surface area contributed by atoms with Crippen LogP contribution in [0.15, 0.2) is 12.2 Å². The van der Waals surface area contributed by atoms with Crippen molar-refractivity contribution in [3.05, 3.63) is 12.2 Å². The number of quaternary nitrogens is 1. The number of allylic oxidation sites excluding steroid dienone is 2. The number of likely N-dealkylation sites (N-methyl/N-ethyl adjacent to an activating group) is 1. The van der Waals surface area contributed by atoms with E-state index < -0.39 is 24.3 Å². The molecule has 0 aliphatic carbocycles. The molecule has 0 heterocycles. The Labute approximate surface area is 351 Å². The number of carbonyl (C=O) groups is 3. The molecule has 0 saturated heterocycles. The van der Waals surface area contributed by atoms with Gasteiger partial charge in [0.25, 0.3) is 0 Å². The minimum Gasteiger partial charge on any atom is -0.545 e. The van der Waals surface area contributed by atoms with Crippen molar-refractivity contribution in [3.8, 4) is 0 Å². The normalized spacial score (nSPS) is 12.9. The summed E-state index contributed by atoms with van der Waals surface area (Å²) in [5, 5.41) is 11.7. The predicted octanol–water partition coefficient (Wildman–Crippen LogP) is 11.3. The Morgan fingerprint density at radius 3 is 1.30 bits per heavy atom. The van der Waals surface area contributed by atoms with Crippen LogP contribution in [-0.4, -0.2) is 82.3 Å². The third-order valence-corrected chi connectivity index (χ3v) is 10.5. The lowest BCUT2D eigenvalue weighted by atomic mass is 10.0. The SMILES string of the molecule is CCCCCCCCC/C=C\CCCCCCCC(=O)OC(COC(=O)CCCCCCCCCCCCCCCCCC)COC(OCC[N+](C)(C)C)C(=O)[O-]. The zero-order chi connectivity index (χ0) is 42.1. The van der Waals surface area contributed by atoms with E-state index in [0.29, 0.717) is 23.9 Å². The average molecular weight is 810 g/mol. The average Bonchev–Trinajstić information content (AvgIpc) is 3.17. The largest absolute Gasteiger partial charge is 0.545 e. The van der Waals surface area contributed by atoms with E-state index in [9.17, 15) is 19.5 Å². The van der Waals surface area contributed by atoms with E-state index >= 15 is 0 Å². The highest BCUT2D eigenvalue weighted by molar-refractivity contribution is 5.70. The van der Waals surface area contributed by atoms with Gasteiger partial charge in [-0.3, -0.25) is 9.59 Å². The van der Waals surface area contributed by atoms with Gasteiger partial charge in [0.2, 0.25) is 0 Å². The quantitative estimate of drug-likeness (QED) is 0.0197. The Kier molecular flexibility index (Phi) is 39.4. The highest BCUT2D eigenvalue weighted by atomic mass is 16.7. The molecule has 0 aromatic heterocycles. The van der Waals surface area contributed by atoms with Crippen LogP contribution in [0.25, 0.3) is 0 Å². The van der Waals surface area contributed by atoms with Crippen LogP contribution in [0.4, 0.5) is 0 Å². The van der Waals surface area contributed by atoms with Gasteiger partial charge in [-0.25, -0.2) is 0 Å². The highest BCUT2D eigenvalue weighted by Crippen LogP contribution is 2.15. The van der Waals surface area contributed by atoms with Crippen molar-refractivity contribution >= 4 is 17.9 Å². The molecule has 2 atom stereocenters. The van der Waals surface area contributed by atoms with E-state index in [1.807, 2.05) is 21.1 Å². The van der Waals surface area contributed by atoms with Gasteiger partial charge in [0.1, 0.15) is 13.2 Å². The number of hydrogen-bond donors (Lipinski definition) is 0. The maximum Gasteiger partial charge on any atom is 0.306 e. The second-order valence-corrected chi connectivity index (χ2v) is 17.4. The summed E-state index contributed by atoms with van der Waals surface area (Å²) in [4.78, 5) is 37.0. The minimum absolute atomic E-state index is 0.149.